The molecule has 0 aliphatic heterocycles. The van der Waals surface area contributed by atoms with Crippen molar-refractivity contribution in [2.24, 2.45) is 0 Å². The van der Waals surface area contributed by atoms with Gasteiger partial charge in [0.25, 0.3) is 0 Å². The fourth-order valence-corrected chi connectivity index (χ4v) is 2.65. The van der Waals surface area contributed by atoms with Gasteiger partial charge < -0.3 is 0 Å². The average Bonchev–Trinajstić information content (AvgIpc) is 1.90. The Balaban J connectivity index is 3.30. The number of hydrogen-bond acceptors (Lipinski definition) is 6. The first-order valence-corrected chi connectivity index (χ1v) is 6.82. The zero-order chi connectivity index (χ0) is 7.82. The molecule has 0 N–H and O–H groups in total. The van der Waals surface area contributed by atoms with Crippen LogP contribution in [0.3, 0.4) is 0 Å². The van der Waals surface area contributed by atoms with E-state index in [-0.39, 0.29) is 0 Å². The van der Waals surface area contributed by atoms with Crippen LogP contribution < -0.4 is 0 Å². The highest BCUT2D eigenvalue weighted by atomic mass is 32.2. The largest absolute Gasteiger partial charge is 0.369 e. The Morgan fingerprint density at radius 2 is 1.10 bits per heavy atom. The topological polar surface area (TPSA) is 27.7 Å². The molecular formula is C3H9O3PS3. The third-order valence-corrected chi connectivity index (χ3v) is 3.66. The molecule has 7 heteroatoms. The minimum atomic E-state index is -1.17. The molecule has 0 saturated carbocycles. The average molecular weight is 220 g/mol. The highest BCUT2D eigenvalue weighted by Crippen LogP contribution is 2.48. The number of hydrogen-bond donors (Lipinski definition) is 0. The smallest absolute Gasteiger partial charge is 0.240 e. The maximum atomic E-state index is 5.02. The summed E-state index contributed by atoms with van der Waals surface area (Å²) in [5.41, 5.74) is 0. The third kappa shape index (κ3) is 6.09. The van der Waals surface area contributed by atoms with Gasteiger partial charge in [0, 0.05) is 18.8 Å². The van der Waals surface area contributed by atoms with Gasteiger partial charge in [-0.05, 0) is 36.1 Å². The van der Waals surface area contributed by atoms with E-state index in [1.165, 1.54) is 36.1 Å². The molecule has 0 radical (unpaired) electrons. The Bertz CT molecular complexity index is 61.7. The molecule has 0 spiro atoms. The van der Waals surface area contributed by atoms with Gasteiger partial charge in [-0.3, -0.25) is 0 Å². The molecule has 0 rings (SSSR count). The predicted octanol–water partition coefficient (Wildman–Crippen LogP) is 3.10. The quantitative estimate of drug-likeness (QED) is 0.504. The highest BCUT2D eigenvalue weighted by Gasteiger charge is 2.11. The van der Waals surface area contributed by atoms with Crippen molar-refractivity contribution in [2.45, 2.75) is 0 Å². The lowest BCUT2D eigenvalue weighted by Gasteiger charge is -2.08. The fraction of sp³-hybridized carbons (Fsp3) is 1.00. The normalized spacial score (nSPS) is 10.8. The lowest BCUT2D eigenvalue weighted by atomic mass is 12.0. The van der Waals surface area contributed by atoms with Crippen molar-refractivity contribution in [3.05, 3.63) is 0 Å². The molecule has 0 aromatic heterocycles. The monoisotopic (exact) mass is 220 g/mol. The van der Waals surface area contributed by atoms with Gasteiger partial charge in [-0.25, -0.2) is 11.9 Å². The molecule has 0 heterocycles. The second-order valence-electron chi connectivity index (χ2n) is 0.947. The van der Waals surface area contributed by atoms with Gasteiger partial charge in [0.15, 0.2) is 0 Å². The van der Waals surface area contributed by atoms with E-state index in [4.69, 9.17) is 11.9 Å². The van der Waals surface area contributed by atoms with Crippen LogP contribution in [-0.2, 0) is 11.9 Å². The lowest BCUT2D eigenvalue weighted by molar-refractivity contribution is 0.472. The van der Waals surface area contributed by atoms with Gasteiger partial charge >= 0.3 is 8.60 Å². The van der Waals surface area contributed by atoms with Crippen LogP contribution in [0.15, 0.2) is 0 Å². The Hall–Kier alpha value is 1.36. The van der Waals surface area contributed by atoms with Crippen molar-refractivity contribution in [3.8, 4) is 0 Å². The fourth-order valence-electron chi connectivity index (χ4n) is 0.220. The van der Waals surface area contributed by atoms with E-state index in [1.807, 2.05) is 18.8 Å². The second kappa shape index (κ2) is 8.46. The molecule has 0 amide bonds. The second-order valence-corrected chi connectivity index (χ2v) is 4.18. The molecule has 0 fully saturated rings. The van der Waals surface area contributed by atoms with E-state index in [0.29, 0.717) is 0 Å². The van der Waals surface area contributed by atoms with Crippen LogP contribution >= 0.6 is 44.7 Å². The molecule has 62 valence electrons. The van der Waals surface area contributed by atoms with Crippen LogP contribution in [0.4, 0.5) is 0 Å². The first kappa shape index (κ1) is 11.4. The van der Waals surface area contributed by atoms with E-state index in [1.54, 1.807) is 0 Å². The van der Waals surface area contributed by atoms with Crippen molar-refractivity contribution in [1.29, 1.82) is 0 Å². The SMILES string of the molecule is CSOP(OSC)OSC. The summed E-state index contributed by atoms with van der Waals surface area (Å²) in [6, 6.07) is 0. The van der Waals surface area contributed by atoms with Crippen molar-refractivity contribution in [3.63, 3.8) is 0 Å². The molecule has 3 nitrogen and oxygen atoms in total. The van der Waals surface area contributed by atoms with E-state index in [2.05, 4.69) is 0 Å². The maximum Gasteiger partial charge on any atom is 0.369 e. The molecule has 0 unspecified atom stereocenters. The van der Waals surface area contributed by atoms with Crippen LogP contribution in [0.5, 0.6) is 0 Å². The van der Waals surface area contributed by atoms with Crippen LogP contribution in [0, 0.1) is 0 Å². The van der Waals surface area contributed by atoms with Gasteiger partial charge in [0.2, 0.25) is 0 Å². The molecule has 0 aromatic carbocycles. The molecule has 0 aliphatic carbocycles. The molecular weight excluding hydrogens is 211 g/mol. The van der Waals surface area contributed by atoms with Gasteiger partial charge in [-0.1, -0.05) is 0 Å². The van der Waals surface area contributed by atoms with Crippen molar-refractivity contribution >= 4 is 44.7 Å². The predicted molar refractivity (Wildman–Crippen MR) is 50.7 cm³/mol. The summed E-state index contributed by atoms with van der Waals surface area (Å²) in [4.78, 5) is 0. The van der Waals surface area contributed by atoms with Gasteiger partial charge in [-0.15, -0.1) is 0 Å². The summed E-state index contributed by atoms with van der Waals surface area (Å²) in [5.74, 6) is 0. The summed E-state index contributed by atoms with van der Waals surface area (Å²) in [5, 5.41) is 0. The molecule has 0 bridgehead atoms. The van der Waals surface area contributed by atoms with Crippen LogP contribution in [-0.4, -0.2) is 18.8 Å². The van der Waals surface area contributed by atoms with Crippen LogP contribution in [0.25, 0.3) is 0 Å². The summed E-state index contributed by atoms with van der Waals surface area (Å²) in [6.07, 6.45) is 5.47. The zero-order valence-corrected chi connectivity index (χ0v) is 9.24. The summed E-state index contributed by atoms with van der Waals surface area (Å²) >= 11 is 3.73. The third-order valence-electron chi connectivity index (χ3n) is 0.406. The minimum absolute atomic E-state index is 1.17. The summed E-state index contributed by atoms with van der Waals surface area (Å²) in [6.45, 7) is 0. The molecule has 0 atom stereocenters. The van der Waals surface area contributed by atoms with Crippen molar-refractivity contribution in [1.82, 2.24) is 0 Å². The summed E-state index contributed by atoms with van der Waals surface area (Å²) in [7, 11) is -1.17. The molecule has 0 saturated heterocycles. The maximum absolute atomic E-state index is 5.02. The van der Waals surface area contributed by atoms with Gasteiger partial charge in [0.1, 0.15) is 0 Å². The summed E-state index contributed by atoms with van der Waals surface area (Å²) < 4.78 is 15.1. The first-order chi connectivity index (χ1) is 4.85. The van der Waals surface area contributed by atoms with E-state index >= 15 is 0 Å². The molecule has 0 aromatic rings. The van der Waals surface area contributed by atoms with Gasteiger partial charge in [0.05, 0.1) is 0 Å². The zero-order valence-electron chi connectivity index (χ0n) is 5.90. The van der Waals surface area contributed by atoms with Crippen LogP contribution in [0.2, 0.25) is 0 Å². The number of rotatable bonds is 6. The van der Waals surface area contributed by atoms with Crippen LogP contribution in [0.1, 0.15) is 0 Å². The van der Waals surface area contributed by atoms with Crippen molar-refractivity contribution in [2.75, 3.05) is 18.8 Å². The Labute approximate surface area is 75.6 Å². The highest BCUT2D eigenvalue weighted by molar-refractivity contribution is 8.02. The Morgan fingerprint density at radius 3 is 1.30 bits per heavy atom. The Kier molecular flexibility index (Phi) is 9.61. The van der Waals surface area contributed by atoms with Crippen molar-refractivity contribution < 1.29 is 11.9 Å². The van der Waals surface area contributed by atoms with E-state index in [9.17, 15) is 0 Å². The minimum Gasteiger partial charge on any atom is -0.240 e. The van der Waals surface area contributed by atoms with E-state index < -0.39 is 8.60 Å². The van der Waals surface area contributed by atoms with Gasteiger partial charge in [-0.2, -0.15) is 0 Å². The molecule has 10 heavy (non-hydrogen) atoms. The lowest BCUT2D eigenvalue weighted by Crippen LogP contribution is -1.77. The van der Waals surface area contributed by atoms with E-state index in [0.717, 1.165) is 0 Å². The standard InChI is InChI=1S/C3H9O3PS3/c1-8-4-7(5-9-2)6-10-3/h1-3H3. The first-order valence-electron chi connectivity index (χ1n) is 2.27. The Morgan fingerprint density at radius 1 is 0.800 bits per heavy atom. The molecule has 0 aliphatic rings.